The number of aromatic nitrogens is 2. The molecule has 1 aromatic heterocycles. The number of likely N-dealkylation sites (tertiary alicyclic amines) is 1. The lowest BCUT2D eigenvalue weighted by Crippen LogP contribution is -2.52. The van der Waals surface area contributed by atoms with Crippen molar-refractivity contribution in [2.45, 2.75) is 69.6 Å². The molecule has 1 aromatic carbocycles. The highest BCUT2D eigenvalue weighted by Crippen LogP contribution is 2.41. The van der Waals surface area contributed by atoms with Crippen LogP contribution in [0.2, 0.25) is 0 Å². The van der Waals surface area contributed by atoms with E-state index in [1.54, 1.807) is 4.90 Å². The van der Waals surface area contributed by atoms with Crippen molar-refractivity contribution in [3.63, 3.8) is 0 Å². The number of amides is 4. The van der Waals surface area contributed by atoms with E-state index >= 15 is 0 Å². The number of imidazole rings is 1. The Morgan fingerprint density at radius 3 is 2.46 bits per heavy atom. The van der Waals surface area contributed by atoms with Gasteiger partial charge in [0.05, 0.1) is 12.5 Å². The first-order valence-corrected chi connectivity index (χ1v) is 12.9. The predicted octanol–water partition coefficient (Wildman–Crippen LogP) is 4.11. The van der Waals surface area contributed by atoms with Gasteiger partial charge in [-0.2, -0.15) is 13.2 Å². The van der Waals surface area contributed by atoms with Crippen LogP contribution in [0, 0.1) is 17.0 Å². The van der Waals surface area contributed by atoms with Gasteiger partial charge in [0.2, 0.25) is 11.8 Å². The van der Waals surface area contributed by atoms with E-state index in [2.05, 4.69) is 15.6 Å². The SMILES string of the molecule is O=C1CC2(CCN(C(=O)N[C@@H]3CC[C@@H](c4cccc(F)c4F)Cn4c(CC(F)(F)F)cnc43)CC2)CC(=O)N1. The molecule has 2 atom stereocenters. The van der Waals surface area contributed by atoms with Crippen LogP contribution in [-0.4, -0.2) is 51.6 Å². The second kappa shape index (κ2) is 10.2. The minimum Gasteiger partial charge on any atom is -0.329 e. The first kappa shape index (κ1) is 27.1. The van der Waals surface area contributed by atoms with Crippen LogP contribution in [0.5, 0.6) is 0 Å². The van der Waals surface area contributed by atoms with Gasteiger partial charge in [0, 0.05) is 50.3 Å². The molecular formula is C26H28F5N5O3. The summed E-state index contributed by atoms with van der Waals surface area (Å²) in [4.78, 5) is 42.8. The molecule has 0 saturated carbocycles. The van der Waals surface area contributed by atoms with Gasteiger partial charge in [0.25, 0.3) is 0 Å². The maximum Gasteiger partial charge on any atom is 0.394 e. The van der Waals surface area contributed by atoms with Gasteiger partial charge < -0.3 is 14.8 Å². The van der Waals surface area contributed by atoms with Gasteiger partial charge in [-0.3, -0.25) is 14.9 Å². The Bertz CT molecular complexity index is 1270. The summed E-state index contributed by atoms with van der Waals surface area (Å²) < 4.78 is 69.9. The van der Waals surface area contributed by atoms with E-state index in [0.717, 1.165) is 12.3 Å². The van der Waals surface area contributed by atoms with Crippen LogP contribution in [0.15, 0.2) is 24.4 Å². The molecule has 4 heterocycles. The minimum atomic E-state index is -4.51. The summed E-state index contributed by atoms with van der Waals surface area (Å²) in [5.41, 5.74) is -0.545. The molecule has 4 amide bonds. The molecule has 0 unspecified atom stereocenters. The highest BCUT2D eigenvalue weighted by Gasteiger charge is 2.43. The van der Waals surface area contributed by atoms with E-state index < -0.39 is 47.6 Å². The van der Waals surface area contributed by atoms with Crippen LogP contribution in [0.4, 0.5) is 26.7 Å². The third-order valence-corrected chi connectivity index (χ3v) is 8.05. The molecule has 210 valence electrons. The normalized spacial score (nSPS) is 23.3. The Kier molecular flexibility index (Phi) is 7.10. The molecule has 2 N–H and O–H groups in total. The van der Waals surface area contributed by atoms with E-state index in [0.29, 0.717) is 25.9 Å². The maximum absolute atomic E-state index is 14.6. The second-order valence-electron chi connectivity index (χ2n) is 10.7. The van der Waals surface area contributed by atoms with Crippen LogP contribution in [0.1, 0.15) is 67.6 Å². The molecule has 8 nitrogen and oxygen atoms in total. The standard InChI is InChI=1S/C26H28F5N5O3/c27-18-3-1-2-17(22(18)28)15-4-5-19(23-32-13-16(36(23)14-15)10-26(29,30)31)33-24(39)35-8-6-25(7-9-35)11-20(37)34-21(38)12-25/h1-3,13,15,19H,4-12,14H2,(H,33,39)(H,34,37,38)/t15-,19-/m1/s1. The lowest BCUT2D eigenvalue weighted by atomic mass is 9.71. The molecule has 2 fully saturated rings. The Morgan fingerprint density at radius 1 is 1.10 bits per heavy atom. The Morgan fingerprint density at radius 2 is 1.79 bits per heavy atom. The number of halogens is 5. The zero-order valence-electron chi connectivity index (χ0n) is 21.0. The molecule has 5 rings (SSSR count). The van der Waals surface area contributed by atoms with Gasteiger partial charge in [0.1, 0.15) is 5.82 Å². The first-order chi connectivity index (χ1) is 18.4. The van der Waals surface area contributed by atoms with Crippen LogP contribution in [0.25, 0.3) is 0 Å². The quantitative estimate of drug-likeness (QED) is 0.442. The van der Waals surface area contributed by atoms with Crippen molar-refractivity contribution < 1.29 is 36.3 Å². The monoisotopic (exact) mass is 553 g/mol. The number of nitrogens with one attached hydrogen (secondary N) is 2. The number of rotatable bonds is 3. The Hall–Kier alpha value is -3.51. The van der Waals surface area contributed by atoms with Gasteiger partial charge in [-0.25, -0.2) is 18.6 Å². The predicted molar refractivity (Wildman–Crippen MR) is 127 cm³/mol. The number of hydrogen-bond donors (Lipinski definition) is 2. The molecule has 13 heteroatoms. The van der Waals surface area contributed by atoms with E-state index in [-0.39, 0.29) is 61.1 Å². The first-order valence-electron chi connectivity index (χ1n) is 12.9. The van der Waals surface area contributed by atoms with Crippen molar-refractivity contribution in [2.75, 3.05) is 13.1 Å². The van der Waals surface area contributed by atoms with Crippen molar-refractivity contribution in [1.29, 1.82) is 0 Å². The zero-order valence-corrected chi connectivity index (χ0v) is 21.0. The number of carbonyl (C=O) groups excluding carboxylic acids is 3. The number of nitrogens with zero attached hydrogens (tertiary/aromatic N) is 3. The third-order valence-electron chi connectivity index (χ3n) is 8.05. The van der Waals surface area contributed by atoms with Crippen LogP contribution >= 0.6 is 0 Å². The number of hydrogen-bond acceptors (Lipinski definition) is 4. The summed E-state index contributed by atoms with van der Waals surface area (Å²) in [5, 5.41) is 5.17. The van der Waals surface area contributed by atoms with Crippen LogP contribution in [0.3, 0.4) is 0 Å². The molecule has 1 spiro atoms. The molecule has 3 aliphatic heterocycles. The van der Waals surface area contributed by atoms with E-state index in [4.69, 9.17) is 0 Å². The average Bonchev–Trinajstić information content (AvgIpc) is 3.12. The largest absolute Gasteiger partial charge is 0.394 e. The third kappa shape index (κ3) is 5.76. The number of piperidine rings is 2. The summed E-state index contributed by atoms with van der Waals surface area (Å²) >= 11 is 0. The molecule has 0 radical (unpaired) electrons. The smallest absolute Gasteiger partial charge is 0.329 e. The maximum atomic E-state index is 14.6. The fourth-order valence-corrected chi connectivity index (χ4v) is 6.06. The highest BCUT2D eigenvalue weighted by atomic mass is 19.4. The summed E-state index contributed by atoms with van der Waals surface area (Å²) in [5.74, 6) is -3.14. The molecule has 3 aliphatic rings. The van der Waals surface area contributed by atoms with Crippen molar-refractivity contribution in [2.24, 2.45) is 5.41 Å². The molecule has 0 aliphatic carbocycles. The van der Waals surface area contributed by atoms with Crippen molar-refractivity contribution in [3.05, 3.63) is 53.1 Å². The summed E-state index contributed by atoms with van der Waals surface area (Å²) in [6.45, 7) is 0.573. The van der Waals surface area contributed by atoms with Gasteiger partial charge in [-0.05, 0) is 42.7 Å². The van der Waals surface area contributed by atoms with Crippen molar-refractivity contribution in [1.82, 2.24) is 25.1 Å². The van der Waals surface area contributed by atoms with Crippen LogP contribution in [-0.2, 0) is 22.6 Å². The molecule has 39 heavy (non-hydrogen) atoms. The lowest BCUT2D eigenvalue weighted by molar-refractivity contribution is -0.139. The van der Waals surface area contributed by atoms with Crippen LogP contribution < -0.4 is 10.6 Å². The van der Waals surface area contributed by atoms with E-state index in [1.165, 1.54) is 16.7 Å². The fourth-order valence-electron chi connectivity index (χ4n) is 6.06. The minimum absolute atomic E-state index is 0.0458. The van der Waals surface area contributed by atoms with Gasteiger partial charge in [-0.15, -0.1) is 0 Å². The topological polar surface area (TPSA) is 96.3 Å². The van der Waals surface area contributed by atoms with Gasteiger partial charge in [0.15, 0.2) is 11.6 Å². The second-order valence-corrected chi connectivity index (χ2v) is 10.7. The molecule has 2 saturated heterocycles. The fraction of sp³-hybridized carbons (Fsp3) is 0.538. The van der Waals surface area contributed by atoms with Gasteiger partial charge >= 0.3 is 12.2 Å². The van der Waals surface area contributed by atoms with Crippen molar-refractivity contribution >= 4 is 17.8 Å². The lowest BCUT2D eigenvalue weighted by Gasteiger charge is -2.43. The van der Waals surface area contributed by atoms with E-state index in [9.17, 15) is 36.3 Å². The average molecular weight is 554 g/mol. The van der Waals surface area contributed by atoms with Crippen molar-refractivity contribution in [3.8, 4) is 0 Å². The summed E-state index contributed by atoms with van der Waals surface area (Å²) in [7, 11) is 0. The number of urea groups is 1. The highest BCUT2D eigenvalue weighted by molar-refractivity contribution is 5.98. The number of carbonyl (C=O) groups is 3. The molecular weight excluding hydrogens is 525 g/mol. The van der Waals surface area contributed by atoms with Gasteiger partial charge in [-0.1, -0.05) is 12.1 Å². The van der Waals surface area contributed by atoms with E-state index in [1.807, 2.05) is 0 Å². The summed E-state index contributed by atoms with van der Waals surface area (Å²) in [6, 6.07) is 2.56. The Labute approximate surface area is 220 Å². The number of imide groups is 1. The number of fused-ring (bicyclic) bond motifs is 1. The molecule has 2 aromatic rings. The zero-order chi connectivity index (χ0) is 27.9. The number of benzene rings is 1. The number of alkyl halides is 3. The summed E-state index contributed by atoms with van der Waals surface area (Å²) in [6.07, 6.45) is -2.75. The molecule has 0 bridgehead atoms. The Balaban J connectivity index is 1.34.